The number of hydrogen-bond donors (Lipinski definition) is 0. The van der Waals surface area contributed by atoms with E-state index in [0.29, 0.717) is 6.61 Å². The van der Waals surface area contributed by atoms with Crippen molar-refractivity contribution in [1.82, 2.24) is 14.6 Å². The molecular weight excluding hydrogens is 329 g/mol. The highest BCUT2D eigenvalue weighted by Crippen LogP contribution is 2.32. The van der Waals surface area contributed by atoms with Crippen LogP contribution in [0.5, 0.6) is 0 Å². The molecule has 0 bridgehead atoms. The molecule has 2 aromatic heterocycles. The third kappa shape index (κ3) is 3.63. The molecule has 134 valence electrons. The fourth-order valence-corrected chi connectivity index (χ4v) is 3.45. The Hall–Kier alpha value is -2.66. The summed E-state index contributed by atoms with van der Waals surface area (Å²) in [5.74, 6) is -0.236. The van der Waals surface area contributed by atoms with Crippen molar-refractivity contribution in [3.05, 3.63) is 66.9 Å². The molecule has 0 N–H and O–H groups in total. The van der Waals surface area contributed by atoms with Crippen molar-refractivity contribution in [3.63, 3.8) is 0 Å². The molecule has 26 heavy (non-hydrogen) atoms. The van der Waals surface area contributed by atoms with Crippen molar-refractivity contribution in [3.8, 4) is 22.4 Å². The van der Waals surface area contributed by atoms with E-state index in [0.717, 1.165) is 42.0 Å². The van der Waals surface area contributed by atoms with Gasteiger partial charge in [-0.25, -0.2) is 4.39 Å². The SMILES string of the molecule is Fc1ccc(-c2ccn(OCCN3CCCC3)c2-c2ccncc2)cc1. The molecular formula is C21H22FN3O. The van der Waals surface area contributed by atoms with Gasteiger partial charge in [-0.2, -0.15) is 4.73 Å². The summed E-state index contributed by atoms with van der Waals surface area (Å²) < 4.78 is 15.1. The van der Waals surface area contributed by atoms with Crippen LogP contribution in [0.1, 0.15) is 12.8 Å². The van der Waals surface area contributed by atoms with Crippen LogP contribution in [-0.2, 0) is 0 Å². The summed E-state index contributed by atoms with van der Waals surface area (Å²) in [5.41, 5.74) is 3.95. The van der Waals surface area contributed by atoms with E-state index in [-0.39, 0.29) is 5.82 Å². The molecule has 1 saturated heterocycles. The van der Waals surface area contributed by atoms with Crippen molar-refractivity contribution in [1.29, 1.82) is 0 Å². The highest BCUT2D eigenvalue weighted by atomic mass is 19.1. The third-order valence-corrected chi connectivity index (χ3v) is 4.80. The lowest BCUT2D eigenvalue weighted by Crippen LogP contribution is -2.28. The van der Waals surface area contributed by atoms with E-state index in [1.807, 2.05) is 29.1 Å². The molecule has 0 atom stereocenters. The fraction of sp³-hybridized carbons (Fsp3) is 0.286. The number of benzene rings is 1. The highest BCUT2D eigenvalue weighted by Gasteiger charge is 2.16. The Bertz CT molecular complexity index is 839. The van der Waals surface area contributed by atoms with Crippen LogP contribution < -0.4 is 4.84 Å². The Morgan fingerprint density at radius 2 is 1.65 bits per heavy atom. The molecule has 5 heteroatoms. The van der Waals surface area contributed by atoms with Crippen LogP contribution in [0.2, 0.25) is 0 Å². The van der Waals surface area contributed by atoms with Crippen LogP contribution in [0.3, 0.4) is 0 Å². The molecule has 1 fully saturated rings. The average Bonchev–Trinajstić information content (AvgIpc) is 3.33. The quantitative estimate of drug-likeness (QED) is 0.675. The van der Waals surface area contributed by atoms with Gasteiger partial charge in [-0.15, -0.1) is 0 Å². The first-order chi connectivity index (χ1) is 12.8. The Labute approximate surface area is 152 Å². The van der Waals surface area contributed by atoms with E-state index in [1.165, 1.54) is 25.0 Å². The summed E-state index contributed by atoms with van der Waals surface area (Å²) in [6.45, 7) is 3.88. The molecule has 0 aliphatic carbocycles. The fourth-order valence-electron chi connectivity index (χ4n) is 3.45. The summed E-state index contributed by atoms with van der Waals surface area (Å²) in [7, 11) is 0. The summed E-state index contributed by atoms with van der Waals surface area (Å²) in [5, 5.41) is 0. The van der Waals surface area contributed by atoms with Crippen molar-refractivity contribution in [2.24, 2.45) is 0 Å². The minimum absolute atomic E-state index is 0.236. The number of aromatic nitrogens is 2. The summed E-state index contributed by atoms with van der Waals surface area (Å²) in [6, 6.07) is 12.5. The Morgan fingerprint density at radius 1 is 0.923 bits per heavy atom. The number of halogens is 1. The van der Waals surface area contributed by atoms with Gasteiger partial charge in [0.2, 0.25) is 0 Å². The molecule has 0 spiro atoms. The van der Waals surface area contributed by atoms with Gasteiger partial charge in [0.15, 0.2) is 0 Å². The first kappa shape index (κ1) is 16.8. The smallest absolute Gasteiger partial charge is 0.127 e. The summed E-state index contributed by atoms with van der Waals surface area (Å²) >= 11 is 0. The van der Waals surface area contributed by atoms with Gasteiger partial charge in [0, 0.05) is 36.3 Å². The molecule has 1 aliphatic heterocycles. The normalized spacial score (nSPS) is 14.7. The van der Waals surface area contributed by atoms with Crippen molar-refractivity contribution in [2.45, 2.75) is 12.8 Å². The monoisotopic (exact) mass is 351 g/mol. The van der Waals surface area contributed by atoms with Crippen LogP contribution >= 0.6 is 0 Å². The standard InChI is InChI=1S/C21H22FN3O/c22-19-5-3-17(4-6-19)20-9-14-25(21(20)18-7-10-23-11-8-18)26-16-15-24-12-1-2-13-24/h3-11,14H,1-2,12-13,15-16H2. The van der Waals surface area contributed by atoms with Gasteiger partial charge < -0.3 is 4.84 Å². The Kier molecular flexibility index (Phi) is 4.97. The van der Waals surface area contributed by atoms with Crippen LogP contribution in [0.25, 0.3) is 22.4 Å². The molecule has 3 aromatic rings. The number of pyridine rings is 1. The minimum atomic E-state index is -0.236. The van der Waals surface area contributed by atoms with Crippen LogP contribution in [0.4, 0.5) is 4.39 Å². The molecule has 0 radical (unpaired) electrons. The highest BCUT2D eigenvalue weighted by molar-refractivity contribution is 5.81. The molecule has 1 aromatic carbocycles. The molecule has 0 saturated carbocycles. The maximum absolute atomic E-state index is 13.3. The molecule has 0 amide bonds. The van der Waals surface area contributed by atoms with Crippen molar-refractivity contribution < 1.29 is 9.23 Å². The lowest BCUT2D eigenvalue weighted by molar-refractivity contribution is 0.0952. The van der Waals surface area contributed by atoms with Crippen LogP contribution in [0, 0.1) is 5.82 Å². The number of likely N-dealkylation sites (tertiary alicyclic amines) is 1. The van der Waals surface area contributed by atoms with Crippen LogP contribution in [-0.4, -0.2) is 40.9 Å². The van der Waals surface area contributed by atoms with E-state index < -0.39 is 0 Å². The van der Waals surface area contributed by atoms with Gasteiger partial charge in [-0.05, 0) is 61.8 Å². The molecule has 0 unspecified atom stereocenters. The van der Waals surface area contributed by atoms with Crippen molar-refractivity contribution >= 4 is 0 Å². The van der Waals surface area contributed by atoms with Gasteiger partial charge in [-0.3, -0.25) is 9.88 Å². The maximum Gasteiger partial charge on any atom is 0.127 e. The van der Waals surface area contributed by atoms with E-state index in [4.69, 9.17) is 4.84 Å². The van der Waals surface area contributed by atoms with Crippen LogP contribution in [0.15, 0.2) is 61.1 Å². The first-order valence-corrected chi connectivity index (χ1v) is 9.04. The zero-order valence-electron chi connectivity index (χ0n) is 14.6. The summed E-state index contributed by atoms with van der Waals surface area (Å²) in [6.07, 6.45) is 8.02. The first-order valence-electron chi connectivity index (χ1n) is 9.04. The number of hydrogen-bond acceptors (Lipinski definition) is 3. The number of nitrogens with zero attached hydrogens (tertiary/aromatic N) is 3. The minimum Gasteiger partial charge on any atom is -0.412 e. The van der Waals surface area contributed by atoms with E-state index in [1.54, 1.807) is 24.5 Å². The zero-order chi connectivity index (χ0) is 17.8. The molecule has 4 nitrogen and oxygen atoms in total. The number of rotatable bonds is 6. The van der Waals surface area contributed by atoms with Gasteiger partial charge in [0.05, 0.1) is 5.69 Å². The average molecular weight is 351 g/mol. The molecule has 1 aliphatic rings. The van der Waals surface area contributed by atoms with Gasteiger partial charge >= 0.3 is 0 Å². The summed E-state index contributed by atoms with van der Waals surface area (Å²) in [4.78, 5) is 12.6. The van der Waals surface area contributed by atoms with Crippen molar-refractivity contribution in [2.75, 3.05) is 26.2 Å². The Balaban J connectivity index is 1.62. The molecule has 3 heterocycles. The maximum atomic E-state index is 13.3. The van der Waals surface area contributed by atoms with Gasteiger partial charge in [0.1, 0.15) is 12.4 Å². The second kappa shape index (κ2) is 7.70. The lowest BCUT2D eigenvalue weighted by Gasteiger charge is -2.17. The van der Waals surface area contributed by atoms with E-state index in [9.17, 15) is 4.39 Å². The second-order valence-electron chi connectivity index (χ2n) is 6.53. The second-order valence-corrected chi connectivity index (χ2v) is 6.53. The third-order valence-electron chi connectivity index (χ3n) is 4.80. The van der Waals surface area contributed by atoms with E-state index >= 15 is 0 Å². The largest absolute Gasteiger partial charge is 0.412 e. The molecule has 4 rings (SSSR count). The predicted molar refractivity (Wildman–Crippen MR) is 100 cm³/mol. The topological polar surface area (TPSA) is 30.3 Å². The predicted octanol–water partition coefficient (Wildman–Crippen LogP) is 3.88. The van der Waals surface area contributed by atoms with Gasteiger partial charge in [0.25, 0.3) is 0 Å². The zero-order valence-corrected chi connectivity index (χ0v) is 14.6. The Morgan fingerprint density at radius 3 is 2.38 bits per heavy atom. The lowest BCUT2D eigenvalue weighted by atomic mass is 10.0. The van der Waals surface area contributed by atoms with Gasteiger partial charge in [-0.1, -0.05) is 12.1 Å². The van der Waals surface area contributed by atoms with E-state index in [2.05, 4.69) is 9.88 Å².